The third-order valence-corrected chi connectivity index (χ3v) is 3.64. The van der Waals surface area contributed by atoms with Crippen molar-refractivity contribution in [1.29, 1.82) is 0 Å². The Morgan fingerprint density at radius 1 is 1.12 bits per heavy atom. The third kappa shape index (κ3) is 2.53. The number of hydrogen-bond acceptors (Lipinski definition) is 2. The van der Waals surface area contributed by atoms with Gasteiger partial charge in [-0.15, -0.1) is 0 Å². The van der Waals surface area contributed by atoms with E-state index in [9.17, 15) is 4.79 Å². The Balaban J connectivity index is 2.50. The van der Waals surface area contributed by atoms with E-state index in [1.807, 2.05) is 19.1 Å². The minimum atomic E-state index is -0.0347. The average molecular weight is 358 g/mol. The SMILES string of the molecule is Cc1cc(C(=O)c2cc(Br)ccc2Br)c(C)o1. The van der Waals surface area contributed by atoms with Crippen LogP contribution in [-0.4, -0.2) is 5.78 Å². The van der Waals surface area contributed by atoms with E-state index in [-0.39, 0.29) is 5.78 Å². The molecule has 0 bridgehead atoms. The fourth-order valence-electron chi connectivity index (χ4n) is 1.67. The van der Waals surface area contributed by atoms with Gasteiger partial charge >= 0.3 is 0 Å². The summed E-state index contributed by atoms with van der Waals surface area (Å²) in [4.78, 5) is 12.3. The van der Waals surface area contributed by atoms with Crippen molar-refractivity contribution in [3.63, 3.8) is 0 Å². The Morgan fingerprint density at radius 3 is 2.41 bits per heavy atom. The van der Waals surface area contributed by atoms with Crippen LogP contribution in [0.25, 0.3) is 0 Å². The van der Waals surface area contributed by atoms with Gasteiger partial charge in [-0.3, -0.25) is 4.79 Å². The van der Waals surface area contributed by atoms with E-state index in [1.54, 1.807) is 19.1 Å². The summed E-state index contributed by atoms with van der Waals surface area (Å²) in [6.45, 7) is 3.63. The maximum Gasteiger partial charge on any atom is 0.197 e. The highest BCUT2D eigenvalue weighted by atomic mass is 79.9. The monoisotopic (exact) mass is 356 g/mol. The predicted octanol–water partition coefficient (Wildman–Crippen LogP) is 4.65. The number of benzene rings is 1. The molecule has 0 spiro atoms. The summed E-state index contributed by atoms with van der Waals surface area (Å²) in [6, 6.07) is 7.30. The van der Waals surface area contributed by atoms with E-state index >= 15 is 0 Å². The number of aryl methyl sites for hydroxylation is 2. The maximum absolute atomic E-state index is 12.3. The normalized spacial score (nSPS) is 10.6. The molecule has 0 radical (unpaired) electrons. The van der Waals surface area contributed by atoms with Crippen molar-refractivity contribution in [2.45, 2.75) is 13.8 Å². The Kier molecular flexibility index (Phi) is 3.54. The molecular formula is C13H10Br2O2. The standard InChI is InChI=1S/C13H10Br2O2/c1-7-5-10(8(2)17-7)13(16)11-6-9(14)3-4-12(11)15/h3-6H,1-2H3. The van der Waals surface area contributed by atoms with Crippen molar-refractivity contribution in [3.05, 3.63) is 55.9 Å². The second kappa shape index (κ2) is 4.78. The third-order valence-electron chi connectivity index (χ3n) is 2.46. The van der Waals surface area contributed by atoms with Crippen LogP contribution in [0.3, 0.4) is 0 Å². The first-order valence-electron chi connectivity index (χ1n) is 5.06. The molecule has 0 unspecified atom stereocenters. The molecule has 1 aromatic heterocycles. The van der Waals surface area contributed by atoms with Gasteiger partial charge < -0.3 is 4.42 Å². The smallest absolute Gasteiger partial charge is 0.197 e. The van der Waals surface area contributed by atoms with Crippen molar-refractivity contribution in [1.82, 2.24) is 0 Å². The number of halogens is 2. The molecule has 4 heteroatoms. The number of hydrogen-bond donors (Lipinski definition) is 0. The lowest BCUT2D eigenvalue weighted by Crippen LogP contribution is -2.02. The van der Waals surface area contributed by atoms with Gasteiger partial charge in [-0.25, -0.2) is 0 Å². The summed E-state index contributed by atoms with van der Waals surface area (Å²) in [5.74, 6) is 1.36. The van der Waals surface area contributed by atoms with Crippen LogP contribution in [0.5, 0.6) is 0 Å². The first-order chi connectivity index (χ1) is 7.99. The lowest BCUT2D eigenvalue weighted by atomic mass is 10.0. The number of carbonyl (C=O) groups excluding carboxylic acids is 1. The molecule has 0 saturated heterocycles. The van der Waals surface area contributed by atoms with Crippen LogP contribution in [0.15, 0.2) is 37.6 Å². The molecule has 0 fully saturated rings. The molecule has 2 nitrogen and oxygen atoms in total. The summed E-state index contributed by atoms with van der Waals surface area (Å²) < 4.78 is 7.04. The van der Waals surface area contributed by atoms with Gasteiger partial charge in [0.25, 0.3) is 0 Å². The Morgan fingerprint density at radius 2 is 1.82 bits per heavy atom. The average Bonchev–Trinajstić information content (AvgIpc) is 2.60. The molecule has 88 valence electrons. The van der Waals surface area contributed by atoms with Crippen molar-refractivity contribution in [2.75, 3.05) is 0 Å². The highest BCUT2D eigenvalue weighted by molar-refractivity contribution is 9.11. The van der Waals surface area contributed by atoms with Gasteiger partial charge in [0.2, 0.25) is 0 Å². The van der Waals surface area contributed by atoms with Crippen molar-refractivity contribution in [2.24, 2.45) is 0 Å². The van der Waals surface area contributed by atoms with Gasteiger partial charge in [-0.2, -0.15) is 0 Å². The fraction of sp³-hybridized carbons (Fsp3) is 0.154. The van der Waals surface area contributed by atoms with Crippen LogP contribution in [-0.2, 0) is 0 Å². The largest absolute Gasteiger partial charge is 0.466 e. The molecule has 0 saturated carbocycles. The molecule has 1 aromatic carbocycles. The molecule has 0 aliphatic rings. The minimum absolute atomic E-state index is 0.0347. The van der Waals surface area contributed by atoms with Crippen LogP contribution >= 0.6 is 31.9 Å². The van der Waals surface area contributed by atoms with E-state index in [4.69, 9.17) is 4.42 Å². The maximum atomic E-state index is 12.3. The summed E-state index contributed by atoms with van der Waals surface area (Å²) >= 11 is 6.75. The highest BCUT2D eigenvalue weighted by Crippen LogP contribution is 2.26. The van der Waals surface area contributed by atoms with Crippen LogP contribution in [0.4, 0.5) is 0 Å². The molecular weight excluding hydrogens is 348 g/mol. The summed E-state index contributed by atoms with van der Waals surface area (Å²) in [6.07, 6.45) is 0. The van der Waals surface area contributed by atoms with E-state index in [0.29, 0.717) is 16.9 Å². The van der Waals surface area contributed by atoms with Gasteiger partial charge in [-0.05, 0) is 38.1 Å². The number of furan rings is 1. The number of ketones is 1. The summed E-state index contributed by atoms with van der Waals surface area (Å²) in [7, 11) is 0. The molecule has 0 aliphatic heterocycles. The zero-order chi connectivity index (χ0) is 12.6. The number of rotatable bonds is 2. The Bertz CT molecular complexity index is 585. The number of carbonyl (C=O) groups is 1. The Labute approximate surface area is 116 Å². The first kappa shape index (κ1) is 12.6. The van der Waals surface area contributed by atoms with Crippen molar-refractivity contribution in [3.8, 4) is 0 Å². The van der Waals surface area contributed by atoms with Gasteiger partial charge in [0.05, 0.1) is 5.56 Å². The van der Waals surface area contributed by atoms with Crippen molar-refractivity contribution < 1.29 is 9.21 Å². The molecule has 2 rings (SSSR count). The van der Waals surface area contributed by atoms with Gasteiger partial charge in [-0.1, -0.05) is 31.9 Å². The van der Waals surface area contributed by atoms with Crippen LogP contribution < -0.4 is 0 Å². The Hall–Kier alpha value is -0.870. The predicted molar refractivity (Wildman–Crippen MR) is 73.5 cm³/mol. The van der Waals surface area contributed by atoms with E-state index in [2.05, 4.69) is 31.9 Å². The molecule has 17 heavy (non-hydrogen) atoms. The lowest BCUT2D eigenvalue weighted by molar-refractivity contribution is 0.103. The fourth-order valence-corrected chi connectivity index (χ4v) is 2.46. The van der Waals surface area contributed by atoms with Crippen LogP contribution in [0, 0.1) is 13.8 Å². The lowest BCUT2D eigenvalue weighted by Gasteiger charge is -2.03. The van der Waals surface area contributed by atoms with Crippen molar-refractivity contribution >= 4 is 37.6 Å². The molecule has 2 aromatic rings. The quantitative estimate of drug-likeness (QED) is 0.732. The minimum Gasteiger partial charge on any atom is -0.466 e. The highest BCUT2D eigenvalue weighted by Gasteiger charge is 2.18. The first-order valence-corrected chi connectivity index (χ1v) is 6.64. The summed E-state index contributed by atoms with van der Waals surface area (Å²) in [5, 5.41) is 0. The molecule has 0 aliphatic carbocycles. The van der Waals surface area contributed by atoms with Crippen LogP contribution in [0.2, 0.25) is 0 Å². The van der Waals surface area contributed by atoms with E-state index in [0.717, 1.165) is 14.7 Å². The molecule has 0 atom stereocenters. The topological polar surface area (TPSA) is 30.2 Å². The van der Waals surface area contributed by atoms with E-state index < -0.39 is 0 Å². The van der Waals surface area contributed by atoms with Gasteiger partial charge in [0.1, 0.15) is 11.5 Å². The molecule has 0 amide bonds. The second-order valence-electron chi connectivity index (χ2n) is 3.78. The van der Waals surface area contributed by atoms with E-state index in [1.165, 1.54) is 0 Å². The molecule has 1 heterocycles. The zero-order valence-corrected chi connectivity index (χ0v) is 12.6. The van der Waals surface area contributed by atoms with Gasteiger partial charge in [0, 0.05) is 14.5 Å². The zero-order valence-electron chi connectivity index (χ0n) is 9.38. The molecule has 0 N–H and O–H groups in total. The van der Waals surface area contributed by atoms with Crippen LogP contribution in [0.1, 0.15) is 27.4 Å². The summed E-state index contributed by atoms with van der Waals surface area (Å²) in [5.41, 5.74) is 1.24. The van der Waals surface area contributed by atoms with Gasteiger partial charge in [0.15, 0.2) is 5.78 Å². The second-order valence-corrected chi connectivity index (χ2v) is 5.55.